The molecule has 10 atom stereocenters. The van der Waals surface area contributed by atoms with Crippen molar-refractivity contribution in [3.8, 4) is 0 Å². The van der Waals surface area contributed by atoms with Gasteiger partial charge in [0.1, 0.15) is 55.6 Å². The molecule has 23 heteroatoms. The Kier molecular flexibility index (Phi) is 18.5. The number of benzene rings is 1. The lowest BCUT2D eigenvalue weighted by Gasteiger charge is -2.38. The predicted octanol–water partition coefficient (Wildman–Crippen LogP) is -1.87. The SMILES string of the molecule is [3H]C1CC(=O)N(CC(=O)N[C@H](C(=O)N[C@@H](CO[C@@H]2O[C@H](C(=O)O)[C@@H](O)[C@H](O)[C@H]2O)C(=O)Nc2ccc(COC(=O)N(C)[C@H](C(=O)N[C@H](C(=O)N(C)C)C(C)C)C(C)C)cc2)C(C)C)C1=O. The van der Waals surface area contributed by atoms with Crippen molar-refractivity contribution in [2.24, 2.45) is 17.8 Å². The first-order chi connectivity index (χ1) is 30.3. The van der Waals surface area contributed by atoms with Crippen LogP contribution in [0.25, 0.3) is 0 Å². The van der Waals surface area contributed by atoms with Gasteiger partial charge in [-0.15, -0.1) is 0 Å². The number of aliphatic hydroxyl groups excluding tert-OH is 3. The van der Waals surface area contributed by atoms with Crippen LogP contribution in [0.3, 0.4) is 0 Å². The van der Waals surface area contributed by atoms with E-state index >= 15 is 0 Å². The highest BCUT2D eigenvalue weighted by molar-refractivity contribution is 6.05. The summed E-state index contributed by atoms with van der Waals surface area (Å²) >= 11 is 0. The van der Waals surface area contributed by atoms with Gasteiger partial charge in [-0.1, -0.05) is 53.7 Å². The largest absolute Gasteiger partial charge is 0.479 e. The number of anilines is 1. The van der Waals surface area contributed by atoms with Crippen LogP contribution >= 0.6 is 0 Å². The van der Waals surface area contributed by atoms with Gasteiger partial charge in [0.2, 0.25) is 41.4 Å². The van der Waals surface area contributed by atoms with E-state index in [4.69, 9.17) is 15.6 Å². The van der Waals surface area contributed by atoms with Crippen molar-refractivity contribution in [3.05, 3.63) is 29.8 Å². The second kappa shape index (κ2) is 23.3. The Morgan fingerprint density at radius 3 is 1.94 bits per heavy atom. The van der Waals surface area contributed by atoms with Crippen molar-refractivity contribution in [3.63, 3.8) is 0 Å². The number of nitrogens with one attached hydrogen (secondary N) is 4. The summed E-state index contributed by atoms with van der Waals surface area (Å²) in [4.78, 5) is 119. The molecule has 0 bridgehead atoms. The predicted molar refractivity (Wildman–Crippen MR) is 222 cm³/mol. The van der Waals surface area contributed by atoms with E-state index in [-0.39, 0.29) is 30.0 Å². The number of likely N-dealkylation sites (tertiary alicyclic amines) is 1. The van der Waals surface area contributed by atoms with Gasteiger partial charge in [0, 0.05) is 41.0 Å². The fraction of sp³-hybridized carbons (Fsp3) is 0.634. The molecule has 1 unspecified atom stereocenters. The number of aliphatic hydroxyl groups is 3. The summed E-state index contributed by atoms with van der Waals surface area (Å²) in [7, 11) is 4.53. The van der Waals surface area contributed by atoms with E-state index in [9.17, 15) is 63.6 Å². The van der Waals surface area contributed by atoms with E-state index < -0.39 is 134 Å². The minimum atomic E-state index is -2.05. The summed E-state index contributed by atoms with van der Waals surface area (Å²) < 4.78 is 23.8. The number of carbonyl (C=O) groups is 9. The quantitative estimate of drug-likeness (QED) is 0.0665. The molecule has 2 aliphatic heterocycles. The van der Waals surface area contributed by atoms with Gasteiger partial charge in [0.15, 0.2) is 12.4 Å². The van der Waals surface area contributed by atoms with E-state index in [1.807, 2.05) is 0 Å². The highest BCUT2D eigenvalue weighted by Crippen LogP contribution is 2.23. The molecule has 8 amide bonds. The van der Waals surface area contributed by atoms with Crippen molar-refractivity contribution in [2.75, 3.05) is 39.6 Å². The summed E-state index contributed by atoms with van der Waals surface area (Å²) in [6.45, 7) is 8.25. The molecule has 0 spiro atoms. The number of carboxylic acids is 1. The first-order valence-corrected chi connectivity index (χ1v) is 20.5. The van der Waals surface area contributed by atoms with Crippen molar-refractivity contribution >= 4 is 59.1 Å². The summed E-state index contributed by atoms with van der Waals surface area (Å²) in [5.41, 5.74) is 0.591. The smallest absolute Gasteiger partial charge is 0.410 e. The Labute approximate surface area is 371 Å². The van der Waals surface area contributed by atoms with Crippen LogP contribution in [-0.4, -0.2) is 178 Å². The average molecular weight is 910 g/mol. The second-order valence-corrected chi connectivity index (χ2v) is 16.6. The van der Waals surface area contributed by atoms with Crippen LogP contribution in [0.2, 0.25) is 0 Å². The van der Waals surface area contributed by atoms with Crippen LogP contribution in [-0.2, 0) is 59.2 Å². The fourth-order valence-electron chi connectivity index (χ4n) is 6.64. The maximum atomic E-state index is 13.8. The molecule has 0 radical (unpaired) electrons. The molecular weight excluding hydrogens is 846 g/mol. The lowest BCUT2D eigenvalue weighted by Crippen LogP contribution is -2.61. The standard InChI is InChI=1S/C41H61N7O16/c1-19(2)28(44-25(49)16-48-26(50)14-15-27(48)51)36(56)43-24(18-62-40-33(54)31(52)32(53)34(64-40)39(59)60)35(55)42-23-12-10-22(11-13-23)17-63-41(61)47(9)30(21(5)6)37(57)45-29(20(3)4)38(58)46(7)8/h10-13,19-21,24,28-34,40,52-54H,14-18H2,1-9H3,(H,42,55)(H,43,56)(H,44,49)(H,45,57)(H,59,60)/t24-,28-,29-,30-,31-,32-,33+,34-,40+/m0/s1/i14T/t14?,24-,28-,29-,30-,31-,32-,33+,34-,40+. The maximum absolute atomic E-state index is 13.8. The van der Waals surface area contributed by atoms with Gasteiger partial charge in [-0.2, -0.15) is 0 Å². The summed E-state index contributed by atoms with van der Waals surface area (Å²) in [5.74, 6) is -8.27. The number of nitrogens with zero attached hydrogens (tertiary/aromatic N) is 3. The molecule has 2 fully saturated rings. The zero-order chi connectivity index (χ0) is 49.2. The van der Waals surface area contributed by atoms with E-state index in [1.54, 1.807) is 55.6 Å². The van der Waals surface area contributed by atoms with Crippen molar-refractivity contribution in [1.82, 2.24) is 30.7 Å². The number of imide groups is 1. The summed E-state index contributed by atoms with van der Waals surface area (Å²) in [6, 6.07) is 0.948. The first-order valence-electron chi connectivity index (χ1n) is 21.1. The highest BCUT2D eigenvalue weighted by Gasteiger charge is 2.48. The van der Waals surface area contributed by atoms with Gasteiger partial charge in [-0.05, 0) is 35.4 Å². The molecule has 64 heavy (non-hydrogen) atoms. The topological polar surface area (TPSA) is 320 Å². The van der Waals surface area contributed by atoms with E-state index in [1.165, 1.54) is 36.2 Å². The molecule has 23 nitrogen and oxygen atoms in total. The zero-order valence-corrected chi connectivity index (χ0v) is 37.2. The number of carbonyl (C=O) groups excluding carboxylic acids is 8. The van der Waals surface area contributed by atoms with Crippen LogP contribution in [0.1, 0.15) is 61.3 Å². The molecule has 0 saturated carbocycles. The summed E-state index contributed by atoms with van der Waals surface area (Å²) in [5, 5.41) is 50.4. The Morgan fingerprint density at radius 1 is 0.812 bits per heavy atom. The molecule has 3 rings (SSSR count). The van der Waals surface area contributed by atoms with Gasteiger partial charge in [0.05, 0.1) is 6.61 Å². The number of ether oxygens (including phenoxy) is 3. The molecule has 0 aromatic heterocycles. The van der Waals surface area contributed by atoms with Crippen LogP contribution in [0.4, 0.5) is 10.5 Å². The minimum Gasteiger partial charge on any atom is -0.479 e. The number of likely N-dealkylation sites (N-methyl/N-ethyl adjacent to an activating group) is 2. The lowest BCUT2D eigenvalue weighted by molar-refractivity contribution is -0.294. The van der Waals surface area contributed by atoms with Crippen LogP contribution in [0.5, 0.6) is 0 Å². The summed E-state index contributed by atoms with van der Waals surface area (Å²) in [6.07, 6.45) is -12.7. The molecule has 1 aromatic rings. The third kappa shape index (κ3) is 13.9. The van der Waals surface area contributed by atoms with Gasteiger partial charge in [0.25, 0.3) is 0 Å². The Bertz CT molecular complexity index is 1920. The van der Waals surface area contributed by atoms with Gasteiger partial charge in [-0.3, -0.25) is 43.4 Å². The third-order valence-electron chi connectivity index (χ3n) is 10.3. The van der Waals surface area contributed by atoms with Crippen molar-refractivity contribution in [1.29, 1.82) is 0 Å². The minimum absolute atomic E-state index is 0.143. The number of carboxylic acid groups (broad SMARTS) is 1. The fourth-order valence-corrected chi connectivity index (χ4v) is 6.64. The zero-order valence-electron chi connectivity index (χ0n) is 38.2. The molecule has 8 N–H and O–H groups in total. The Hall–Kier alpha value is -5.75. The molecule has 2 heterocycles. The molecule has 2 saturated heterocycles. The number of hydrogen-bond acceptors (Lipinski definition) is 15. The van der Waals surface area contributed by atoms with Crippen molar-refractivity contribution < 1.29 is 79.2 Å². The molecular formula is C41H61N7O16. The molecule has 356 valence electrons. The number of rotatable bonds is 20. The number of amides is 8. The van der Waals surface area contributed by atoms with Gasteiger partial charge in [-0.25, -0.2) is 9.59 Å². The van der Waals surface area contributed by atoms with E-state index in [0.29, 0.717) is 10.5 Å². The first kappa shape index (κ1) is 50.9. The van der Waals surface area contributed by atoms with Crippen molar-refractivity contribution in [2.45, 2.75) is 116 Å². The maximum Gasteiger partial charge on any atom is 0.410 e. The highest BCUT2D eigenvalue weighted by atomic mass is 16.7. The normalized spacial score (nSPS) is 23.1. The van der Waals surface area contributed by atoms with Crippen LogP contribution < -0.4 is 21.3 Å². The second-order valence-electron chi connectivity index (χ2n) is 16.6. The van der Waals surface area contributed by atoms with Crippen LogP contribution in [0.15, 0.2) is 24.3 Å². The van der Waals surface area contributed by atoms with Gasteiger partial charge >= 0.3 is 12.1 Å². The number of hydrogen-bond donors (Lipinski definition) is 8. The van der Waals surface area contributed by atoms with E-state index in [2.05, 4.69) is 21.3 Å². The van der Waals surface area contributed by atoms with E-state index in [0.717, 1.165) is 4.90 Å². The molecule has 0 aliphatic carbocycles. The van der Waals surface area contributed by atoms with Gasteiger partial charge < -0.3 is 60.8 Å². The molecule has 1 aromatic carbocycles. The Morgan fingerprint density at radius 2 is 1.42 bits per heavy atom. The Balaban J connectivity index is 1.75. The lowest BCUT2D eigenvalue weighted by atomic mass is 9.99. The monoisotopic (exact) mass is 909 g/mol. The van der Waals surface area contributed by atoms with Crippen LogP contribution in [0, 0.1) is 17.8 Å². The number of aliphatic carboxylic acids is 1. The third-order valence-corrected chi connectivity index (χ3v) is 10.3. The molecule has 2 aliphatic rings. The average Bonchev–Trinajstić information content (AvgIpc) is 3.46.